The molecular formula is C19H24N4O6. The van der Waals surface area contributed by atoms with Crippen molar-refractivity contribution in [2.24, 2.45) is 0 Å². The zero-order chi connectivity index (χ0) is 21.1. The maximum atomic E-state index is 12.5. The van der Waals surface area contributed by atoms with Gasteiger partial charge in [-0.25, -0.2) is 9.97 Å². The number of carbonyl (C=O) groups is 1. The number of ether oxygens (including phenoxy) is 1. The number of aliphatic hydroxyl groups excluding tert-OH is 4. The van der Waals surface area contributed by atoms with Crippen LogP contribution in [0.2, 0.25) is 0 Å². The molecule has 0 bridgehead atoms. The summed E-state index contributed by atoms with van der Waals surface area (Å²) in [7, 11) is 0. The van der Waals surface area contributed by atoms with E-state index >= 15 is 0 Å². The minimum atomic E-state index is -1.57. The van der Waals surface area contributed by atoms with Crippen molar-refractivity contribution in [1.29, 1.82) is 0 Å². The third kappa shape index (κ3) is 4.86. The lowest BCUT2D eigenvalue weighted by Gasteiger charge is -2.40. The fraction of sp³-hybridized carbons (Fsp3) is 0.421. The smallest absolute Gasteiger partial charge is 0.251 e. The average Bonchev–Trinajstić information content (AvgIpc) is 2.67. The number of rotatable bonds is 5. The van der Waals surface area contributed by atoms with Crippen molar-refractivity contribution in [3.8, 4) is 0 Å². The Bertz CT molecular complexity index is 842. The van der Waals surface area contributed by atoms with E-state index in [4.69, 9.17) is 9.84 Å². The van der Waals surface area contributed by atoms with Gasteiger partial charge in [0, 0.05) is 22.6 Å². The number of benzene rings is 1. The van der Waals surface area contributed by atoms with E-state index in [2.05, 4.69) is 20.6 Å². The van der Waals surface area contributed by atoms with Crippen LogP contribution in [0.5, 0.6) is 0 Å². The molecule has 1 aromatic heterocycles. The molecule has 1 fully saturated rings. The van der Waals surface area contributed by atoms with Crippen LogP contribution in [0.3, 0.4) is 0 Å². The van der Waals surface area contributed by atoms with Gasteiger partial charge in [-0.15, -0.1) is 0 Å². The maximum Gasteiger partial charge on any atom is 0.251 e. The first kappa shape index (κ1) is 21.1. The van der Waals surface area contributed by atoms with Crippen LogP contribution in [0.1, 0.15) is 21.7 Å². The molecule has 3 rings (SSSR count). The van der Waals surface area contributed by atoms with Gasteiger partial charge in [-0.05, 0) is 44.2 Å². The Kier molecular flexibility index (Phi) is 6.40. The number of carbonyl (C=O) groups excluding carboxylic acids is 1. The number of amides is 1. The lowest BCUT2D eigenvalue weighted by atomic mass is 9.97. The molecule has 2 aromatic rings. The number of nitrogens with zero attached hydrogens (tertiary/aromatic N) is 2. The predicted molar refractivity (Wildman–Crippen MR) is 102 cm³/mol. The van der Waals surface area contributed by atoms with Gasteiger partial charge in [0.2, 0.25) is 5.95 Å². The molecule has 1 amide bonds. The van der Waals surface area contributed by atoms with Crippen LogP contribution in [0.25, 0.3) is 0 Å². The summed E-state index contributed by atoms with van der Waals surface area (Å²) in [5, 5.41) is 44.6. The summed E-state index contributed by atoms with van der Waals surface area (Å²) >= 11 is 0. The zero-order valence-electron chi connectivity index (χ0n) is 16.0. The lowest BCUT2D eigenvalue weighted by Crippen LogP contribution is -2.64. The standard InChI is InChI=1S/C19H24N4O6/c1-9-7-10(2)21-19(20-9)22-12-5-3-11(4-6-12)17(27)23-14-16(26)15(25)13(8-24)29-18(14)28/h3-7,13-16,18,24-26,28H,8H2,1-2H3,(H,23,27)(H,20,21,22)/t13-,14?,15?,16-,18?/m1/s1. The first-order chi connectivity index (χ1) is 13.8. The van der Waals surface area contributed by atoms with Crippen LogP contribution in [0.4, 0.5) is 11.6 Å². The van der Waals surface area contributed by atoms with Crippen molar-refractivity contribution in [3.05, 3.63) is 47.3 Å². The Labute approximate surface area is 167 Å². The molecule has 0 aliphatic carbocycles. The quantitative estimate of drug-likeness (QED) is 0.382. The highest BCUT2D eigenvalue weighted by molar-refractivity contribution is 5.94. The number of aromatic nitrogens is 2. The van der Waals surface area contributed by atoms with Gasteiger partial charge in [0.15, 0.2) is 6.29 Å². The Morgan fingerprint density at radius 3 is 2.28 bits per heavy atom. The largest absolute Gasteiger partial charge is 0.394 e. The van der Waals surface area contributed by atoms with E-state index in [1.54, 1.807) is 24.3 Å². The molecule has 0 spiro atoms. The Morgan fingerprint density at radius 2 is 1.69 bits per heavy atom. The average molecular weight is 404 g/mol. The number of nitrogens with one attached hydrogen (secondary N) is 2. The van der Waals surface area contributed by atoms with E-state index in [0.717, 1.165) is 11.4 Å². The number of aryl methyl sites for hydroxylation is 2. The van der Waals surface area contributed by atoms with E-state index in [1.165, 1.54) is 0 Å². The van der Waals surface area contributed by atoms with Crippen LogP contribution < -0.4 is 10.6 Å². The number of hydrogen-bond acceptors (Lipinski definition) is 9. The monoisotopic (exact) mass is 404 g/mol. The normalized spacial score (nSPS) is 26.8. The SMILES string of the molecule is Cc1cc(C)nc(Nc2ccc(C(=O)NC3C(O)O[C@H](CO)C(O)[C@@H]3O)cc2)n1. The van der Waals surface area contributed by atoms with Gasteiger partial charge in [-0.1, -0.05) is 0 Å². The second-order valence-electron chi connectivity index (χ2n) is 6.90. The third-order valence-corrected chi connectivity index (χ3v) is 4.58. The molecule has 0 saturated carbocycles. The van der Waals surface area contributed by atoms with Gasteiger partial charge in [0.25, 0.3) is 5.91 Å². The van der Waals surface area contributed by atoms with Gasteiger partial charge >= 0.3 is 0 Å². The Hall–Kier alpha value is -2.63. The summed E-state index contributed by atoms with van der Waals surface area (Å²) in [6.07, 6.45) is -5.65. The van der Waals surface area contributed by atoms with Crippen molar-refractivity contribution in [1.82, 2.24) is 15.3 Å². The number of hydrogen-bond donors (Lipinski definition) is 6. The number of anilines is 2. The van der Waals surface area contributed by atoms with Crippen molar-refractivity contribution in [2.45, 2.75) is 44.5 Å². The first-order valence-corrected chi connectivity index (χ1v) is 9.09. The topological polar surface area (TPSA) is 157 Å². The second-order valence-corrected chi connectivity index (χ2v) is 6.90. The first-order valence-electron chi connectivity index (χ1n) is 9.09. The van der Waals surface area contributed by atoms with Crippen LogP contribution in [-0.4, -0.2) is 73.6 Å². The summed E-state index contributed by atoms with van der Waals surface area (Å²) < 4.78 is 5.03. The predicted octanol–water partition coefficient (Wildman–Crippen LogP) is -0.633. The van der Waals surface area contributed by atoms with Gasteiger partial charge in [-0.2, -0.15) is 0 Å². The van der Waals surface area contributed by atoms with E-state index in [0.29, 0.717) is 11.6 Å². The second kappa shape index (κ2) is 8.80. The van der Waals surface area contributed by atoms with Crippen molar-refractivity contribution < 1.29 is 30.0 Å². The molecule has 2 heterocycles. The van der Waals surface area contributed by atoms with Crippen molar-refractivity contribution >= 4 is 17.5 Å². The van der Waals surface area contributed by atoms with Crippen LogP contribution >= 0.6 is 0 Å². The summed E-state index contributed by atoms with van der Waals surface area (Å²) in [5.74, 6) is -0.127. The Balaban J connectivity index is 1.66. The summed E-state index contributed by atoms with van der Waals surface area (Å²) in [6.45, 7) is 3.16. The highest BCUT2D eigenvalue weighted by Crippen LogP contribution is 2.21. The molecule has 3 unspecified atom stereocenters. The molecule has 1 saturated heterocycles. The summed E-state index contributed by atoms with van der Waals surface area (Å²) in [5.41, 5.74) is 2.60. The summed E-state index contributed by atoms with van der Waals surface area (Å²) in [4.78, 5) is 21.0. The highest BCUT2D eigenvalue weighted by atomic mass is 16.6. The van der Waals surface area contributed by atoms with Crippen LogP contribution in [-0.2, 0) is 4.74 Å². The fourth-order valence-corrected chi connectivity index (χ4v) is 3.10. The molecule has 1 aliphatic rings. The lowest BCUT2D eigenvalue weighted by molar-refractivity contribution is -0.252. The number of aliphatic hydroxyl groups is 4. The molecule has 6 N–H and O–H groups in total. The maximum absolute atomic E-state index is 12.5. The van der Waals surface area contributed by atoms with Crippen molar-refractivity contribution in [3.63, 3.8) is 0 Å². The minimum absolute atomic E-state index is 0.273. The third-order valence-electron chi connectivity index (χ3n) is 4.58. The molecule has 0 radical (unpaired) electrons. The van der Waals surface area contributed by atoms with E-state index in [1.807, 2.05) is 19.9 Å². The molecule has 1 aliphatic heterocycles. The summed E-state index contributed by atoms with van der Waals surface area (Å²) in [6, 6.07) is 7.04. The Morgan fingerprint density at radius 1 is 1.07 bits per heavy atom. The van der Waals surface area contributed by atoms with Crippen molar-refractivity contribution in [2.75, 3.05) is 11.9 Å². The highest BCUT2D eigenvalue weighted by Gasteiger charge is 2.44. The van der Waals surface area contributed by atoms with E-state index in [-0.39, 0.29) is 5.56 Å². The van der Waals surface area contributed by atoms with E-state index in [9.17, 15) is 20.1 Å². The molecule has 1 aromatic carbocycles. The van der Waals surface area contributed by atoms with Gasteiger partial charge in [-0.3, -0.25) is 4.79 Å². The minimum Gasteiger partial charge on any atom is -0.394 e. The molecule has 5 atom stereocenters. The molecule has 29 heavy (non-hydrogen) atoms. The molecule has 10 heteroatoms. The van der Waals surface area contributed by atoms with Crippen LogP contribution in [0, 0.1) is 13.8 Å². The van der Waals surface area contributed by atoms with Gasteiger partial charge in [0.1, 0.15) is 24.4 Å². The fourth-order valence-electron chi connectivity index (χ4n) is 3.10. The van der Waals surface area contributed by atoms with Crippen LogP contribution in [0.15, 0.2) is 30.3 Å². The van der Waals surface area contributed by atoms with Gasteiger partial charge < -0.3 is 35.8 Å². The molecule has 156 valence electrons. The van der Waals surface area contributed by atoms with E-state index < -0.39 is 43.2 Å². The van der Waals surface area contributed by atoms with Gasteiger partial charge in [0.05, 0.1) is 6.61 Å². The molecule has 10 nitrogen and oxygen atoms in total. The zero-order valence-corrected chi connectivity index (χ0v) is 16.0. The molecular weight excluding hydrogens is 380 g/mol.